The van der Waals surface area contributed by atoms with Gasteiger partial charge in [0.25, 0.3) is 5.91 Å². The molecule has 1 unspecified atom stereocenters. The van der Waals surface area contributed by atoms with Crippen molar-refractivity contribution in [3.05, 3.63) is 69.3 Å². The Balaban J connectivity index is 1.44. The number of rotatable bonds is 6. The van der Waals surface area contributed by atoms with Gasteiger partial charge in [-0.3, -0.25) is 9.69 Å². The smallest absolute Gasteiger partial charge is 0.325 e. The lowest BCUT2D eigenvalue weighted by Gasteiger charge is -2.21. The van der Waals surface area contributed by atoms with Crippen LogP contribution in [0.4, 0.5) is 9.18 Å². The van der Waals surface area contributed by atoms with E-state index in [2.05, 4.69) is 10.3 Å². The second kappa shape index (κ2) is 7.56. The number of carbonyl (C=O) groups is 2. The molecular formula is C21H20FN3O4S. The number of hydrogen-bond donors (Lipinski definition) is 1. The molecular weight excluding hydrogens is 409 g/mol. The van der Waals surface area contributed by atoms with Crippen molar-refractivity contribution >= 4 is 23.3 Å². The first kappa shape index (κ1) is 20.1. The molecule has 1 N–H and O–H groups in total. The number of thiazole rings is 1. The Bertz CT molecular complexity index is 1110. The van der Waals surface area contributed by atoms with E-state index in [9.17, 15) is 14.0 Å². The summed E-state index contributed by atoms with van der Waals surface area (Å²) in [6.45, 7) is 5.51. The highest BCUT2D eigenvalue weighted by Crippen LogP contribution is 2.33. The summed E-state index contributed by atoms with van der Waals surface area (Å²) in [6, 6.07) is 7.01. The first-order valence-corrected chi connectivity index (χ1v) is 10.2. The molecule has 1 atom stereocenters. The van der Waals surface area contributed by atoms with Gasteiger partial charge in [0.1, 0.15) is 40.2 Å². The number of amides is 3. The van der Waals surface area contributed by atoms with Gasteiger partial charge in [-0.1, -0.05) is 0 Å². The third-order valence-corrected chi connectivity index (χ3v) is 5.82. The largest absolute Gasteiger partial charge is 0.486 e. The normalized spacial score (nSPS) is 18.7. The van der Waals surface area contributed by atoms with E-state index in [1.54, 1.807) is 32.2 Å². The molecule has 1 aliphatic heterocycles. The third-order valence-electron chi connectivity index (χ3n) is 4.95. The molecule has 0 radical (unpaired) electrons. The van der Waals surface area contributed by atoms with Gasteiger partial charge in [-0.15, -0.1) is 11.3 Å². The number of nitrogens with one attached hydrogen (secondary N) is 1. The molecule has 1 aromatic carbocycles. The van der Waals surface area contributed by atoms with Crippen LogP contribution >= 0.6 is 11.3 Å². The number of hydrogen-bond acceptors (Lipinski definition) is 6. The molecule has 0 aliphatic carbocycles. The average Bonchev–Trinajstić information content (AvgIpc) is 3.35. The van der Waals surface area contributed by atoms with Crippen LogP contribution in [0, 0.1) is 19.7 Å². The molecule has 9 heteroatoms. The van der Waals surface area contributed by atoms with E-state index in [4.69, 9.17) is 9.15 Å². The number of ether oxygens (including phenoxy) is 1. The maximum atomic E-state index is 13.1. The Labute approximate surface area is 176 Å². The van der Waals surface area contributed by atoms with E-state index in [0.29, 0.717) is 33.5 Å². The lowest BCUT2D eigenvalue weighted by Crippen LogP contribution is -2.41. The van der Waals surface area contributed by atoms with E-state index >= 15 is 0 Å². The van der Waals surface area contributed by atoms with Crippen LogP contribution in [0.5, 0.6) is 5.75 Å². The highest BCUT2D eigenvalue weighted by atomic mass is 32.1. The zero-order valence-corrected chi connectivity index (χ0v) is 17.5. The fourth-order valence-corrected chi connectivity index (χ4v) is 4.17. The van der Waals surface area contributed by atoms with Gasteiger partial charge in [0.2, 0.25) is 0 Å². The molecule has 1 aliphatic rings. The van der Waals surface area contributed by atoms with Crippen molar-refractivity contribution in [1.82, 2.24) is 15.2 Å². The monoisotopic (exact) mass is 429 g/mol. The second-order valence-electron chi connectivity index (χ2n) is 7.25. The van der Waals surface area contributed by atoms with E-state index < -0.39 is 11.6 Å². The predicted molar refractivity (Wildman–Crippen MR) is 107 cm³/mol. The molecule has 156 valence electrons. The van der Waals surface area contributed by atoms with Gasteiger partial charge in [-0.25, -0.2) is 14.2 Å². The number of aromatic nitrogens is 1. The van der Waals surface area contributed by atoms with Gasteiger partial charge in [0, 0.05) is 10.9 Å². The van der Waals surface area contributed by atoms with Gasteiger partial charge in [-0.05, 0) is 51.1 Å². The minimum absolute atomic E-state index is 0.0587. The molecule has 0 spiro atoms. The molecule has 3 amide bonds. The summed E-state index contributed by atoms with van der Waals surface area (Å²) < 4.78 is 24.1. The Morgan fingerprint density at radius 3 is 2.67 bits per heavy atom. The van der Waals surface area contributed by atoms with E-state index in [0.717, 1.165) is 4.90 Å². The number of urea groups is 1. The zero-order chi connectivity index (χ0) is 21.5. The van der Waals surface area contributed by atoms with Gasteiger partial charge in [0.05, 0.1) is 12.2 Å². The number of carbonyl (C=O) groups excluding carboxylic acids is 2. The topological polar surface area (TPSA) is 84.7 Å². The molecule has 7 nitrogen and oxygen atoms in total. The van der Waals surface area contributed by atoms with Crippen LogP contribution in [0.3, 0.4) is 0 Å². The number of imide groups is 1. The standard InChI is InChI=1S/C21H20FN3O4S/c1-12-8-17(13(2)29-12)21(3)19(26)25(20(27)24-21)9-15-11-30-18(23-15)10-28-16-6-4-14(22)5-7-16/h4-8,11H,9-10H2,1-3H3,(H,24,27). The second-order valence-corrected chi connectivity index (χ2v) is 8.19. The Kier molecular flexibility index (Phi) is 5.07. The lowest BCUT2D eigenvalue weighted by molar-refractivity contribution is -0.131. The summed E-state index contributed by atoms with van der Waals surface area (Å²) in [5.41, 5.74) is 0.0572. The van der Waals surface area contributed by atoms with Crippen molar-refractivity contribution in [1.29, 1.82) is 0 Å². The lowest BCUT2D eigenvalue weighted by atomic mass is 9.92. The summed E-state index contributed by atoms with van der Waals surface area (Å²) in [4.78, 5) is 31.2. The number of nitrogens with zero attached hydrogens (tertiary/aromatic N) is 2. The van der Waals surface area contributed by atoms with Crippen LogP contribution in [0.15, 0.2) is 40.1 Å². The number of furan rings is 1. The van der Waals surface area contributed by atoms with Gasteiger partial charge in [-0.2, -0.15) is 0 Å². The molecule has 1 saturated heterocycles. The predicted octanol–water partition coefficient (Wildman–Crippen LogP) is 4.04. The van der Waals surface area contributed by atoms with Crippen molar-refractivity contribution in [2.24, 2.45) is 0 Å². The van der Waals surface area contributed by atoms with Crippen LogP contribution < -0.4 is 10.1 Å². The third kappa shape index (κ3) is 3.68. The number of aryl methyl sites for hydroxylation is 2. The molecule has 2 aromatic heterocycles. The molecule has 4 rings (SSSR count). The minimum Gasteiger partial charge on any atom is -0.486 e. The van der Waals surface area contributed by atoms with E-state index in [-0.39, 0.29) is 24.9 Å². The highest BCUT2D eigenvalue weighted by Gasteiger charge is 2.50. The molecule has 0 saturated carbocycles. The molecule has 3 heterocycles. The van der Waals surface area contributed by atoms with Crippen molar-refractivity contribution in [3.8, 4) is 5.75 Å². The SMILES string of the molecule is Cc1cc(C2(C)NC(=O)N(Cc3csc(COc4ccc(F)cc4)n3)C2=O)c(C)o1. The van der Waals surface area contributed by atoms with Gasteiger partial charge >= 0.3 is 6.03 Å². The number of benzene rings is 1. The average molecular weight is 429 g/mol. The van der Waals surface area contributed by atoms with Crippen molar-refractivity contribution in [3.63, 3.8) is 0 Å². The quantitative estimate of drug-likeness (QED) is 0.598. The van der Waals surface area contributed by atoms with Crippen molar-refractivity contribution < 1.29 is 23.1 Å². The van der Waals surface area contributed by atoms with Crippen LogP contribution in [0.1, 0.15) is 34.7 Å². The number of halogens is 1. The van der Waals surface area contributed by atoms with E-state index in [1.807, 2.05) is 0 Å². The first-order chi connectivity index (χ1) is 14.3. The Morgan fingerprint density at radius 1 is 1.27 bits per heavy atom. The first-order valence-electron chi connectivity index (χ1n) is 9.29. The molecule has 0 bridgehead atoms. The van der Waals surface area contributed by atoms with Crippen molar-refractivity contribution in [2.75, 3.05) is 0 Å². The summed E-state index contributed by atoms with van der Waals surface area (Å²) in [5, 5.41) is 5.25. The summed E-state index contributed by atoms with van der Waals surface area (Å²) in [7, 11) is 0. The van der Waals surface area contributed by atoms with Crippen LogP contribution in [-0.4, -0.2) is 21.8 Å². The van der Waals surface area contributed by atoms with Crippen molar-refractivity contribution in [2.45, 2.75) is 39.5 Å². The summed E-state index contributed by atoms with van der Waals surface area (Å²) in [6.07, 6.45) is 0. The Morgan fingerprint density at radius 2 is 2.00 bits per heavy atom. The van der Waals surface area contributed by atoms with Gasteiger partial charge in [0.15, 0.2) is 0 Å². The van der Waals surface area contributed by atoms with Crippen LogP contribution in [0.25, 0.3) is 0 Å². The zero-order valence-electron chi connectivity index (χ0n) is 16.7. The fourth-order valence-electron chi connectivity index (χ4n) is 3.48. The highest BCUT2D eigenvalue weighted by molar-refractivity contribution is 7.09. The minimum atomic E-state index is -1.18. The molecule has 30 heavy (non-hydrogen) atoms. The van der Waals surface area contributed by atoms with Gasteiger partial charge < -0.3 is 14.5 Å². The van der Waals surface area contributed by atoms with E-state index in [1.165, 1.54) is 35.6 Å². The molecule has 3 aromatic rings. The summed E-state index contributed by atoms with van der Waals surface area (Å²) >= 11 is 1.36. The maximum Gasteiger partial charge on any atom is 0.325 e. The fraction of sp³-hybridized carbons (Fsp3) is 0.286. The maximum absolute atomic E-state index is 13.1. The molecule has 1 fully saturated rings. The summed E-state index contributed by atoms with van der Waals surface area (Å²) in [5.74, 6) is 1.12. The van der Waals surface area contributed by atoms with Crippen LogP contribution in [-0.2, 0) is 23.5 Å². The van der Waals surface area contributed by atoms with Crippen LogP contribution in [0.2, 0.25) is 0 Å². The Hall–Kier alpha value is -3.20.